The van der Waals surface area contributed by atoms with Crippen molar-refractivity contribution < 1.29 is 9.53 Å². The lowest BCUT2D eigenvalue weighted by molar-refractivity contribution is -0.151. The summed E-state index contributed by atoms with van der Waals surface area (Å²) in [5.41, 5.74) is 5.50. The highest BCUT2D eigenvalue weighted by molar-refractivity contribution is 5.85. The van der Waals surface area contributed by atoms with Crippen LogP contribution in [0.2, 0.25) is 0 Å². The molecular weight excluding hydrogens is 190 g/mol. The highest BCUT2D eigenvalue weighted by Crippen LogP contribution is 2.04. The zero-order valence-electron chi connectivity index (χ0n) is 8.58. The lowest BCUT2D eigenvalue weighted by atomic mass is 10.2. The average Bonchev–Trinajstić information content (AvgIpc) is 2.12. The maximum Gasteiger partial charge on any atom is 0.323 e. The second-order valence-corrected chi connectivity index (χ2v) is 2.89. The fraction of sp³-hybridized carbons (Fsp3) is 0.889. The first-order chi connectivity index (χ1) is 5.65. The van der Waals surface area contributed by atoms with Gasteiger partial charge in [-0.3, -0.25) is 4.79 Å². The van der Waals surface area contributed by atoms with E-state index in [4.69, 9.17) is 10.5 Å². The number of ether oxygens (including phenoxy) is 1. The van der Waals surface area contributed by atoms with Crippen molar-refractivity contribution >= 4 is 18.4 Å². The molecule has 0 spiro atoms. The third-order valence-corrected chi connectivity index (χ3v) is 1.94. The third-order valence-electron chi connectivity index (χ3n) is 1.94. The van der Waals surface area contributed by atoms with Crippen molar-refractivity contribution in [2.24, 2.45) is 5.73 Å². The maximum absolute atomic E-state index is 11.2. The molecule has 0 rings (SSSR count). The van der Waals surface area contributed by atoms with Gasteiger partial charge in [-0.25, -0.2) is 0 Å². The molecule has 0 aromatic heterocycles. The molecule has 13 heavy (non-hydrogen) atoms. The average molecular weight is 210 g/mol. The molecule has 0 fully saturated rings. The standard InChI is InChI=1S/C9H19NO2.ClH/c1-4-7(5-2)12-9(11)8(10)6-3;/h7-8H,4-6,10H2,1-3H3;1H/t8-;/m0./s1. The van der Waals surface area contributed by atoms with Crippen LogP contribution in [-0.4, -0.2) is 18.1 Å². The zero-order valence-corrected chi connectivity index (χ0v) is 9.39. The van der Waals surface area contributed by atoms with Crippen LogP contribution in [0.1, 0.15) is 40.0 Å². The van der Waals surface area contributed by atoms with Crippen molar-refractivity contribution in [3.8, 4) is 0 Å². The Morgan fingerprint density at radius 3 is 2.00 bits per heavy atom. The van der Waals surface area contributed by atoms with Crippen molar-refractivity contribution in [3.05, 3.63) is 0 Å². The fourth-order valence-electron chi connectivity index (χ4n) is 0.874. The van der Waals surface area contributed by atoms with Crippen LogP contribution in [0, 0.1) is 0 Å². The Morgan fingerprint density at radius 2 is 1.69 bits per heavy atom. The maximum atomic E-state index is 11.2. The summed E-state index contributed by atoms with van der Waals surface area (Å²) >= 11 is 0. The summed E-state index contributed by atoms with van der Waals surface area (Å²) in [6, 6.07) is -0.453. The quantitative estimate of drug-likeness (QED) is 0.704. The lowest BCUT2D eigenvalue weighted by Gasteiger charge is -2.16. The van der Waals surface area contributed by atoms with E-state index in [1.165, 1.54) is 0 Å². The van der Waals surface area contributed by atoms with E-state index in [9.17, 15) is 4.79 Å². The second-order valence-electron chi connectivity index (χ2n) is 2.89. The SMILES string of the molecule is CCC(CC)OC(=O)[C@@H](N)CC.Cl. The number of carbonyl (C=O) groups excluding carboxylic acids is 1. The van der Waals surface area contributed by atoms with Gasteiger partial charge in [0.15, 0.2) is 0 Å². The van der Waals surface area contributed by atoms with Crippen molar-refractivity contribution in [3.63, 3.8) is 0 Å². The van der Waals surface area contributed by atoms with Crippen molar-refractivity contribution in [1.29, 1.82) is 0 Å². The molecule has 0 amide bonds. The molecule has 0 aliphatic carbocycles. The van der Waals surface area contributed by atoms with E-state index >= 15 is 0 Å². The predicted octanol–water partition coefficient (Wildman–Crippen LogP) is 1.88. The van der Waals surface area contributed by atoms with Gasteiger partial charge in [-0.15, -0.1) is 12.4 Å². The molecule has 80 valence electrons. The Balaban J connectivity index is 0. The molecule has 0 unspecified atom stereocenters. The van der Waals surface area contributed by atoms with Crippen LogP contribution in [0.25, 0.3) is 0 Å². The molecule has 0 saturated carbocycles. The van der Waals surface area contributed by atoms with Gasteiger partial charge in [0.2, 0.25) is 0 Å². The van der Waals surface area contributed by atoms with Crippen LogP contribution in [0.5, 0.6) is 0 Å². The molecule has 0 heterocycles. The number of hydrogen-bond acceptors (Lipinski definition) is 3. The summed E-state index contributed by atoms with van der Waals surface area (Å²) in [7, 11) is 0. The van der Waals surface area contributed by atoms with E-state index in [2.05, 4.69) is 0 Å². The lowest BCUT2D eigenvalue weighted by Crippen LogP contribution is -2.34. The van der Waals surface area contributed by atoms with E-state index in [-0.39, 0.29) is 24.5 Å². The van der Waals surface area contributed by atoms with Gasteiger partial charge in [-0.1, -0.05) is 20.8 Å². The molecule has 0 saturated heterocycles. The van der Waals surface area contributed by atoms with Gasteiger partial charge in [0.25, 0.3) is 0 Å². The molecule has 0 bridgehead atoms. The summed E-state index contributed by atoms with van der Waals surface area (Å²) in [5, 5.41) is 0. The van der Waals surface area contributed by atoms with Crippen molar-refractivity contribution in [1.82, 2.24) is 0 Å². The first-order valence-corrected chi connectivity index (χ1v) is 4.61. The van der Waals surface area contributed by atoms with Gasteiger partial charge in [0, 0.05) is 0 Å². The molecule has 0 radical (unpaired) electrons. The second kappa shape index (κ2) is 8.32. The topological polar surface area (TPSA) is 52.3 Å². The van der Waals surface area contributed by atoms with E-state index in [1.54, 1.807) is 0 Å². The van der Waals surface area contributed by atoms with Gasteiger partial charge in [0.1, 0.15) is 12.1 Å². The van der Waals surface area contributed by atoms with E-state index in [0.717, 1.165) is 12.8 Å². The van der Waals surface area contributed by atoms with Crippen LogP contribution >= 0.6 is 12.4 Å². The fourth-order valence-corrected chi connectivity index (χ4v) is 0.874. The minimum atomic E-state index is -0.453. The predicted molar refractivity (Wildman–Crippen MR) is 56.0 cm³/mol. The highest BCUT2D eigenvalue weighted by Gasteiger charge is 2.16. The van der Waals surface area contributed by atoms with Crippen LogP contribution in [0.3, 0.4) is 0 Å². The van der Waals surface area contributed by atoms with Crippen molar-refractivity contribution in [2.45, 2.75) is 52.2 Å². The molecule has 0 aliphatic heterocycles. The van der Waals surface area contributed by atoms with Crippen LogP contribution < -0.4 is 5.73 Å². The Bertz CT molecular complexity index is 138. The van der Waals surface area contributed by atoms with Gasteiger partial charge < -0.3 is 10.5 Å². The highest BCUT2D eigenvalue weighted by atomic mass is 35.5. The van der Waals surface area contributed by atoms with Gasteiger partial charge in [-0.2, -0.15) is 0 Å². The Hall–Kier alpha value is -0.280. The molecule has 0 aromatic rings. The summed E-state index contributed by atoms with van der Waals surface area (Å²) < 4.78 is 5.14. The van der Waals surface area contributed by atoms with E-state index in [0.29, 0.717) is 6.42 Å². The first kappa shape index (κ1) is 15.2. The minimum Gasteiger partial charge on any atom is -0.461 e. The molecular formula is C9H20ClNO2. The summed E-state index contributed by atoms with van der Waals surface area (Å²) in [6.07, 6.45) is 2.39. The summed E-state index contributed by atoms with van der Waals surface area (Å²) in [4.78, 5) is 11.2. The number of nitrogens with two attached hydrogens (primary N) is 1. The van der Waals surface area contributed by atoms with Gasteiger partial charge >= 0.3 is 5.97 Å². The van der Waals surface area contributed by atoms with Gasteiger partial charge in [-0.05, 0) is 19.3 Å². The zero-order chi connectivity index (χ0) is 9.56. The Kier molecular flexibility index (Phi) is 9.74. The summed E-state index contributed by atoms with van der Waals surface area (Å²) in [5.74, 6) is -0.272. The molecule has 4 heteroatoms. The van der Waals surface area contributed by atoms with E-state index in [1.807, 2.05) is 20.8 Å². The van der Waals surface area contributed by atoms with Gasteiger partial charge in [0.05, 0.1) is 0 Å². The van der Waals surface area contributed by atoms with Crippen LogP contribution in [0.15, 0.2) is 0 Å². The van der Waals surface area contributed by atoms with E-state index < -0.39 is 6.04 Å². The summed E-state index contributed by atoms with van der Waals surface area (Å²) in [6.45, 7) is 5.87. The number of rotatable bonds is 5. The third kappa shape index (κ3) is 5.88. The number of hydrogen-bond donors (Lipinski definition) is 1. The molecule has 2 N–H and O–H groups in total. The largest absolute Gasteiger partial charge is 0.461 e. The number of halogens is 1. The Labute approximate surface area is 86.4 Å². The first-order valence-electron chi connectivity index (χ1n) is 4.61. The monoisotopic (exact) mass is 209 g/mol. The van der Waals surface area contributed by atoms with Crippen LogP contribution in [-0.2, 0) is 9.53 Å². The van der Waals surface area contributed by atoms with Crippen molar-refractivity contribution in [2.75, 3.05) is 0 Å². The Morgan fingerprint density at radius 1 is 1.23 bits per heavy atom. The number of esters is 1. The molecule has 3 nitrogen and oxygen atoms in total. The van der Waals surface area contributed by atoms with Crippen LogP contribution in [0.4, 0.5) is 0 Å². The molecule has 0 aliphatic rings. The smallest absolute Gasteiger partial charge is 0.323 e. The normalized spacial score (nSPS) is 12.1. The molecule has 0 aromatic carbocycles. The minimum absolute atomic E-state index is 0. The number of carbonyl (C=O) groups is 1. The molecule has 1 atom stereocenters.